The van der Waals surface area contributed by atoms with Crippen LogP contribution >= 0.6 is 11.8 Å². The molecule has 0 atom stereocenters. The van der Waals surface area contributed by atoms with Crippen LogP contribution in [-0.2, 0) is 44.6 Å². The van der Waals surface area contributed by atoms with Crippen molar-refractivity contribution in [3.05, 3.63) is 45.1 Å². The Morgan fingerprint density at radius 3 is 2.04 bits per heavy atom. The molecule has 0 spiro atoms. The number of ether oxygens (including phenoxy) is 2. The van der Waals surface area contributed by atoms with Gasteiger partial charge in [-0.05, 0) is 52.0 Å². The first kappa shape index (κ1) is 33.8. The van der Waals surface area contributed by atoms with Crippen LogP contribution in [-0.4, -0.2) is 36.3 Å². The van der Waals surface area contributed by atoms with E-state index >= 15 is 0 Å². The Balaban J connectivity index is -0.0000000782. The molecule has 0 fully saturated rings. The molecule has 1 N–H and O–H groups in total. The topological polar surface area (TPSA) is 95.6 Å². The number of carbonyl (C=O) groups is 1. The van der Waals surface area contributed by atoms with Gasteiger partial charge in [0.25, 0.3) is 5.95 Å². The van der Waals surface area contributed by atoms with Gasteiger partial charge in [-0.2, -0.15) is 11.8 Å². The normalized spacial score (nSPS) is 8.26. The third kappa shape index (κ3) is 44.9. The summed E-state index contributed by atoms with van der Waals surface area (Å²) in [6.45, 7) is 16.6. The molecule has 131 valence electrons. The number of rotatable bonds is 8. The van der Waals surface area contributed by atoms with Gasteiger partial charge in [0.15, 0.2) is 0 Å². The molecular weight excluding hydrogens is 404 g/mol. The van der Waals surface area contributed by atoms with Gasteiger partial charge in [-0.3, -0.25) is 0 Å². The number of aliphatic hydroxyl groups is 1. The average Bonchev–Trinajstić information content (AvgIpc) is 2.53. The molecule has 0 saturated carbocycles. The van der Waals surface area contributed by atoms with Crippen molar-refractivity contribution in [2.45, 2.75) is 20.3 Å². The van der Waals surface area contributed by atoms with Gasteiger partial charge in [-0.15, -0.1) is 0 Å². The van der Waals surface area contributed by atoms with Gasteiger partial charge in [0.1, 0.15) is 6.08 Å². The Kier molecular flexibility index (Phi) is 55.2. The van der Waals surface area contributed by atoms with E-state index in [1.807, 2.05) is 18.2 Å². The second-order valence-corrected chi connectivity index (χ2v) is 3.91. The summed E-state index contributed by atoms with van der Waals surface area (Å²) in [6, 6.07) is 0. The van der Waals surface area contributed by atoms with Crippen molar-refractivity contribution >= 4 is 17.7 Å². The molecule has 0 aliphatic heterocycles. The maximum absolute atomic E-state index is 10.6. The number of thioether (sulfide) groups is 1. The molecule has 0 rings (SSSR count). The summed E-state index contributed by atoms with van der Waals surface area (Å²) in [7, 11) is 0. The first-order valence-electron chi connectivity index (χ1n) is 6.16. The molecule has 23 heavy (non-hydrogen) atoms. The van der Waals surface area contributed by atoms with Crippen LogP contribution in [0.4, 0.5) is 0 Å². The van der Waals surface area contributed by atoms with Gasteiger partial charge < -0.3 is 14.6 Å². The number of carbonyl (C=O) groups excluding carboxylic acids is 1. The van der Waals surface area contributed by atoms with Crippen molar-refractivity contribution in [3.8, 4) is 0 Å². The summed E-state index contributed by atoms with van der Waals surface area (Å²) >= 11 is 1.86. The number of esters is 1. The largest absolute Gasteiger partial charge is 0.165 e. The minimum Gasteiger partial charge on any atom is -0.165 e. The van der Waals surface area contributed by atoms with E-state index in [0.717, 1.165) is 12.5 Å². The predicted molar refractivity (Wildman–Crippen MR) is 83.8 cm³/mol. The zero-order valence-electron chi connectivity index (χ0n) is 13.6. The van der Waals surface area contributed by atoms with Crippen LogP contribution in [0.15, 0.2) is 12.0 Å². The van der Waals surface area contributed by atoms with E-state index in [2.05, 4.69) is 42.4 Å². The molecule has 0 aromatic carbocycles. The van der Waals surface area contributed by atoms with Crippen LogP contribution in [0.5, 0.6) is 0 Å². The van der Waals surface area contributed by atoms with Gasteiger partial charge in [-0.25, -0.2) is 4.79 Å². The van der Waals surface area contributed by atoms with Crippen LogP contribution in [0.3, 0.4) is 0 Å². The van der Waals surface area contributed by atoms with E-state index in [-0.39, 0.29) is 27.7 Å². The predicted octanol–water partition coefficient (Wildman–Crippen LogP) is 2.89. The van der Waals surface area contributed by atoms with Gasteiger partial charge in [0.05, 0.1) is 13.2 Å². The molecule has 0 aliphatic carbocycles. The van der Waals surface area contributed by atoms with Crippen molar-refractivity contribution in [2.75, 3.05) is 25.2 Å². The average molecular weight is 427 g/mol. The zero-order valence-corrected chi connectivity index (χ0v) is 16.4. The van der Waals surface area contributed by atoms with Crippen molar-refractivity contribution in [3.63, 3.8) is 0 Å². The quantitative estimate of drug-likeness (QED) is 0.122. The molecule has 0 bridgehead atoms. The minimum absolute atomic E-state index is 0. The fraction of sp³-hybridized carbons (Fsp3) is 0.467. The van der Waals surface area contributed by atoms with E-state index in [1.54, 1.807) is 13.8 Å². The minimum atomic E-state index is -0.599. The van der Waals surface area contributed by atoms with Crippen molar-refractivity contribution in [1.82, 2.24) is 0 Å². The summed E-state index contributed by atoms with van der Waals surface area (Å²) in [5.41, 5.74) is 0. The Labute approximate surface area is 158 Å². The molecule has 6 nitrogen and oxygen atoms in total. The van der Waals surface area contributed by atoms with E-state index in [4.69, 9.17) is 14.4 Å². The SMILES string of the molecule is CCOC(=O)/C=C(\O)OCC.[C-]#[O+].[C-]#[O+].[CH2][CH][CH]CCSC.[Mo]. The summed E-state index contributed by atoms with van der Waals surface area (Å²) in [4.78, 5) is 10.6. The van der Waals surface area contributed by atoms with Gasteiger partial charge in [-0.1, -0.05) is 0 Å². The summed E-state index contributed by atoms with van der Waals surface area (Å²) in [6.07, 6.45) is 8.08. The maximum Gasteiger partial charge on any atom is 0 e. The molecule has 0 saturated heterocycles. The summed E-state index contributed by atoms with van der Waals surface area (Å²) < 4.78 is 24.1. The van der Waals surface area contributed by atoms with Crippen molar-refractivity contribution in [1.29, 1.82) is 0 Å². The standard InChI is InChI=1S/C7H12O4.C6H11S.2CO.Mo/c1-3-10-6(8)5-7(9)11-4-2;1-3-4-5-6-7-2;2*1-2;/h5,8H,3-4H2,1-2H3;3-4H,1,5-6H2,2H3;;;/b6-5+;;;;. The monoisotopic (exact) mass is 429 g/mol. The number of aliphatic hydroxyl groups excluding tert-OH is 1. The molecule has 3 radical (unpaired) electrons. The Hall–Kier alpha value is -0.672. The molecule has 0 aromatic rings. The van der Waals surface area contributed by atoms with Crippen molar-refractivity contribution < 1.29 is 49.7 Å². The van der Waals surface area contributed by atoms with Crippen molar-refractivity contribution in [2.24, 2.45) is 0 Å². The summed E-state index contributed by atoms with van der Waals surface area (Å²) in [5, 5.41) is 8.78. The van der Waals surface area contributed by atoms with Crippen LogP contribution in [0.1, 0.15) is 20.3 Å². The van der Waals surface area contributed by atoms with E-state index < -0.39 is 11.9 Å². The van der Waals surface area contributed by atoms with Gasteiger partial charge in [0.2, 0.25) is 0 Å². The Bertz CT molecular complexity index is 282. The maximum atomic E-state index is 10.6. The molecular formula is C15H23MoO6S. The first-order valence-corrected chi connectivity index (χ1v) is 7.55. The number of unbranched alkanes of at least 4 members (excludes halogenated alkanes) is 2. The summed E-state index contributed by atoms with van der Waals surface area (Å²) in [5.74, 6) is 0.204. The molecule has 0 unspecified atom stereocenters. The van der Waals surface area contributed by atoms with E-state index in [1.165, 1.54) is 5.75 Å². The Morgan fingerprint density at radius 1 is 1.22 bits per heavy atom. The van der Waals surface area contributed by atoms with Gasteiger partial charge in [0, 0.05) is 21.1 Å². The second-order valence-electron chi connectivity index (χ2n) is 2.92. The molecule has 0 aliphatic rings. The van der Waals surface area contributed by atoms with E-state index in [0.29, 0.717) is 6.61 Å². The smallest absolute Gasteiger partial charge is 0 e. The third-order valence-corrected chi connectivity index (χ3v) is 2.12. The molecule has 8 heteroatoms. The molecule has 0 amide bonds. The van der Waals surface area contributed by atoms with Crippen LogP contribution in [0.25, 0.3) is 0 Å². The Morgan fingerprint density at radius 2 is 1.70 bits per heavy atom. The number of hydrogen-bond acceptors (Lipinski definition) is 5. The first-order chi connectivity index (χ1) is 10.6. The third-order valence-electron chi connectivity index (χ3n) is 1.48. The van der Waals surface area contributed by atoms with Crippen LogP contribution < -0.4 is 0 Å². The molecule has 0 aromatic heterocycles. The fourth-order valence-electron chi connectivity index (χ4n) is 0.778. The number of hydrogen-bond donors (Lipinski definition) is 1. The second kappa shape index (κ2) is 37.5. The van der Waals surface area contributed by atoms with E-state index in [9.17, 15) is 4.79 Å². The molecule has 0 heterocycles. The fourth-order valence-corrected chi connectivity index (χ4v) is 1.15. The van der Waals surface area contributed by atoms with Gasteiger partial charge >= 0.3 is 28.6 Å². The zero-order chi connectivity index (χ0) is 18.2. The van der Waals surface area contributed by atoms with Crippen LogP contribution in [0.2, 0.25) is 0 Å². The van der Waals surface area contributed by atoms with Crippen LogP contribution in [0, 0.1) is 33.1 Å².